The molecule has 5 saturated heterocycles. The van der Waals surface area contributed by atoms with Crippen molar-refractivity contribution in [3.05, 3.63) is 314 Å². The summed E-state index contributed by atoms with van der Waals surface area (Å²) in [4.78, 5) is 126. The number of ether oxygens (including phenoxy) is 5. The Morgan fingerprint density at radius 2 is 0.593 bits per heavy atom. The van der Waals surface area contributed by atoms with Gasteiger partial charge in [-0.2, -0.15) is 0 Å². The van der Waals surface area contributed by atoms with Gasteiger partial charge in [-0.15, -0.1) is 0 Å². The number of hydrogen-bond acceptors (Lipinski definition) is 40. The first kappa shape index (κ1) is 98.9. The summed E-state index contributed by atoms with van der Waals surface area (Å²) >= 11 is 0. The minimum Gasteiger partial charge on any atom is -0.394 e. The van der Waals surface area contributed by atoms with Crippen LogP contribution in [0.4, 0.5) is 13.2 Å². The van der Waals surface area contributed by atoms with E-state index in [2.05, 4.69) is 25.8 Å². The second-order valence-corrected chi connectivity index (χ2v) is 32.8. The van der Waals surface area contributed by atoms with E-state index in [0.29, 0.717) is 49.7 Å². The second-order valence-electron chi connectivity index (χ2n) is 32.8. The fourth-order valence-electron chi connectivity index (χ4n) is 16.5. The number of fused-ring (bicyclic) bond motifs is 5. The Balaban J connectivity index is 0.000000126. The van der Waals surface area contributed by atoms with E-state index in [1.807, 2.05) is 38.1 Å². The van der Waals surface area contributed by atoms with E-state index in [9.17, 15) is 138 Å². The fraction of sp³-hybridized carbons (Fsp3) is 0.368. The van der Waals surface area contributed by atoms with Crippen LogP contribution in [0.25, 0.3) is 54.8 Å². The maximum Gasteiger partial charge on any atom is 0.333 e. The normalized spacial score (nSPS) is 24.9. The van der Waals surface area contributed by atoms with Crippen molar-refractivity contribution >= 4 is 54.8 Å². The zero-order chi connectivity index (χ0) is 100.0. The summed E-state index contributed by atoms with van der Waals surface area (Å²) in [6.07, 6.45) is -20.1. The molecule has 5 aliphatic heterocycles. The number of aliphatic hydroxyl groups excluding tert-OH is 15. The summed E-state index contributed by atoms with van der Waals surface area (Å²) in [5.41, 5.74) is -2.29. The summed E-state index contributed by atoms with van der Waals surface area (Å²) in [5, 5.41) is 168. The van der Waals surface area contributed by atoms with Gasteiger partial charge in [-0.1, -0.05) is 55.6 Å². The third-order valence-corrected chi connectivity index (χ3v) is 24.0. The molecular weight excluding hydrogens is 1870 g/mol. The van der Waals surface area contributed by atoms with Crippen LogP contribution in [-0.4, -0.2) is 273 Å². The molecule has 0 amide bonds. The molecule has 0 saturated carbocycles. The van der Waals surface area contributed by atoms with Gasteiger partial charge in [-0.3, -0.25) is 69.6 Å². The first-order valence-corrected chi connectivity index (χ1v) is 42.6. The standard InChI is InChI=1S/2C18H19N3O7.3C17H16FN3O7/c1-9-2-3-12-10(6-9)11(19-28-12)7-21-14(23)4-5-20(18(21)26)17-16(25)15(24)13(8-22)27-17;1-9-3-2-4-11-14(9)10(19-28-11)7-21-13(23)5-6-20(18(21)26)17-16(25)15(24)12(8-22)27-17;18-8-1-2-11-9(5-8)10(19-28-11)6-21-13(23)3-4-20(17(21)26)16-15(25)14(24)12(7-22)27-16;18-8-1-2-9-10(19-28-11(9)5-8)6-21-13(23)3-4-20(17(21)26)16-15(25)14(24)12(7-22)27-16;18-9-3-1-2-8-10(19-28-15(8)9)6-21-12(23)4-5-20(17(21)26)16-14(25)13(24)11(7-22)27-16/h2-6,13,15-17,22,24-25H,7-8H2,1H3;2-6,12,15-17,22,24-25H,7-8H2,1H3;2*1-5,12,14-16,22,24-25H,6-7H2;1-5,11,13-14,16,22,24-25H,6-7H2/t13-,15+,16?,17-;12-,15+,16?,17-;2*12-,14+,15?,16-;11-,13+,14?,16-/m11111/s1. The van der Waals surface area contributed by atoms with Crippen LogP contribution in [0.2, 0.25) is 0 Å². The molecule has 50 nitrogen and oxygen atoms in total. The zero-order valence-electron chi connectivity index (χ0n) is 72.8. The molecule has 0 radical (unpaired) electrons. The summed E-state index contributed by atoms with van der Waals surface area (Å²) in [6, 6.07) is 28.2. The Kier molecular flexibility index (Phi) is 29.0. The molecule has 15 heterocycles. The van der Waals surface area contributed by atoms with Crippen molar-refractivity contribution in [3.63, 3.8) is 0 Å². The molecule has 5 aromatic carbocycles. The third-order valence-electron chi connectivity index (χ3n) is 24.0. The molecule has 20 rings (SSSR count). The number of aromatic nitrogens is 15. The van der Waals surface area contributed by atoms with E-state index < -0.39 is 229 Å². The lowest BCUT2D eigenvalue weighted by Gasteiger charge is -2.18. The molecule has 15 aromatic rings. The number of benzene rings is 5. The van der Waals surface area contributed by atoms with E-state index >= 15 is 0 Å². The molecule has 5 aliphatic rings. The van der Waals surface area contributed by atoms with E-state index in [0.717, 1.165) is 117 Å². The highest BCUT2D eigenvalue weighted by atomic mass is 19.1. The van der Waals surface area contributed by atoms with E-state index in [-0.39, 0.29) is 61.0 Å². The number of hydrogen-bond donors (Lipinski definition) is 15. The first-order valence-electron chi connectivity index (χ1n) is 42.6. The van der Waals surface area contributed by atoms with Crippen molar-refractivity contribution in [2.24, 2.45) is 0 Å². The van der Waals surface area contributed by atoms with Crippen LogP contribution in [-0.2, 0) is 56.4 Å². The number of aliphatic hydroxyl groups is 15. The van der Waals surface area contributed by atoms with Crippen LogP contribution in [0, 0.1) is 31.3 Å². The molecule has 5 unspecified atom stereocenters. The molecule has 5 fully saturated rings. The third kappa shape index (κ3) is 19.1. The van der Waals surface area contributed by atoms with Gasteiger partial charge >= 0.3 is 28.4 Å². The van der Waals surface area contributed by atoms with Gasteiger partial charge in [-0.25, -0.2) is 37.1 Å². The number of aryl methyl sites for hydroxylation is 2. The van der Waals surface area contributed by atoms with Crippen molar-refractivity contribution in [3.8, 4) is 0 Å². The minimum absolute atomic E-state index is 0.0923. The van der Waals surface area contributed by atoms with Gasteiger partial charge < -0.3 is 123 Å². The number of rotatable bonds is 20. The Hall–Kier alpha value is -14.2. The van der Waals surface area contributed by atoms with Crippen molar-refractivity contribution < 1.29 is 136 Å². The quantitative estimate of drug-likeness (QED) is 0.0340. The molecule has 53 heteroatoms. The van der Waals surface area contributed by atoms with E-state index in [1.54, 1.807) is 18.2 Å². The number of para-hydroxylation sites is 1. The molecule has 740 valence electrons. The summed E-state index contributed by atoms with van der Waals surface area (Å²) in [6.45, 7) is -0.0628. The van der Waals surface area contributed by atoms with Crippen molar-refractivity contribution in [1.82, 2.24) is 71.5 Å². The Morgan fingerprint density at radius 1 is 0.293 bits per heavy atom. The van der Waals surface area contributed by atoms with Gasteiger partial charge in [0.1, 0.15) is 132 Å². The Bertz CT molecular complexity index is 7440. The predicted molar refractivity (Wildman–Crippen MR) is 465 cm³/mol. The summed E-state index contributed by atoms with van der Waals surface area (Å²) in [5.74, 6) is -1.67. The lowest BCUT2D eigenvalue weighted by Crippen LogP contribution is -2.43. The van der Waals surface area contributed by atoms with Crippen LogP contribution >= 0.6 is 0 Å². The molecule has 10 aromatic heterocycles. The first-order chi connectivity index (χ1) is 67.0. The van der Waals surface area contributed by atoms with E-state index in [1.165, 1.54) is 54.9 Å². The van der Waals surface area contributed by atoms with Gasteiger partial charge in [0.2, 0.25) is 5.58 Å². The molecule has 140 heavy (non-hydrogen) atoms. The predicted octanol–water partition coefficient (Wildman–Crippen LogP) is -4.91. The molecule has 0 spiro atoms. The highest BCUT2D eigenvalue weighted by Gasteiger charge is 2.49. The van der Waals surface area contributed by atoms with Crippen LogP contribution in [0.3, 0.4) is 0 Å². The smallest absolute Gasteiger partial charge is 0.333 e. The molecule has 0 bridgehead atoms. The Morgan fingerprint density at radius 3 is 0.964 bits per heavy atom. The molecule has 20 atom stereocenters. The maximum atomic E-state index is 13.8. The van der Waals surface area contributed by atoms with Gasteiger partial charge in [-0.05, 0) is 80.1 Å². The Labute approximate surface area is 775 Å². The van der Waals surface area contributed by atoms with Crippen LogP contribution in [0.1, 0.15) is 70.7 Å². The highest BCUT2D eigenvalue weighted by molar-refractivity contribution is 5.84. The lowest BCUT2D eigenvalue weighted by molar-refractivity contribution is -0.0555. The highest BCUT2D eigenvalue weighted by Crippen LogP contribution is 2.35. The van der Waals surface area contributed by atoms with E-state index in [4.69, 9.17) is 46.3 Å². The largest absolute Gasteiger partial charge is 0.394 e. The lowest BCUT2D eigenvalue weighted by atomic mass is 10.1. The fourth-order valence-corrected chi connectivity index (χ4v) is 16.5. The van der Waals surface area contributed by atoms with Crippen LogP contribution in [0.15, 0.2) is 223 Å². The topological polar surface area (TPSA) is 700 Å². The summed E-state index contributed by atoms with van der Waals surface area (Å²) in [7, 11) is 0. The van der Waals surface area contributed by atoms with Gasteiger partial charge in [0, 0.05) is 94.3 Å². The van der Waals surface area contributed by atoms with Crippen LogP contribution < -0.4 is 56.2 Å². The molecule has 0 aliphatic carbocycles. The SMILES string of the molecule is Cc1ccc2onc(Cn3c(=O)ccn([C@@H]4O[C@H](CO)[C@H](O)C4O)c3=O)c2c1.Cc1cccc2onc(Cn3c(=O)ccn([C@@H]4O[C@H](CO)[C@H](O)C4O)c3=O)c12.O=c1ccn([C@@H]2O[C@H](CO)[C@H](O)C2O)c(=O)n1Cc1noc2c(F)cccc12.O=c1ccn([C@@H]2O[C@H](CO)[C@H](O)C2O)c(=O)n1Cc1noc2cc(F)ccc12.O=c1ccn([C@@H]2O[C@H](CO)[C@H](O)C2O)c(=O)n1Cc1noc2ccc(F)cc12. The van der Waals surface area contributed by atoms with Crippen molar-refractivity contribution in [1.29, 1.82) is 0 Å². The maximum absolute atomic E-state index is 13.8. The zero-order valence-corrected chi connectivity index (χ0v) is 72.8. The molecular formula is C87H86F3N15O35. The average molecular weight is 1960 g/mol. The summed E-state index contributed by atoms with van der Waals surface area (Å²) < 4.78 is 102. The number of nitrogens with zero attached hydrogens (tertiary/aromatic N) is 15. The minimum atomic E-state index is -1.48. The van der Waals surface area contributed by atoms with Crippen molar-refractivity contribution in [2.45, 2.75) is 169 Å². The monoisotopic (exact) mass is 1960 g/mol. The second kappa shape index (κ2) is 41.1. The van der Waals surface area contributed by atoms with Crippen LogP contribution in [0.5, 0.6) is 0 Å². The average Bonchev–Trinajstić information content (AvgIpc) is 1.62. The molecule has 15 N–H and O–H groups in total. The van der Waals surface area contributed by atoms with Gasteiger partial charge in [0.05, 0.1) is 65.8 Å². The number of halogens is 3. The van der Waals surface area contributed by atoms with Gasteiger partial charge in [0.25, 0.3) is 27.8 Å². The van der Waals surface area contributed by atoms with Crippen molar-refractivity contribution in [2.75, 3.05) is 33.0 Å². The van der Waals surface area contributed by atoms with Gasteiger partial charge in [0.15, 0.2) is 59.3 Å².